The Balaban J connectivity index is -0.000000625. The third kappa shape index (κ3) is 15.2. The molecule has 0 bridgehead atoms. The van der Waals surface area contributed by atoms with Gasteiger partial charge in [-0.25, -0.2) is 9.97 Å². The zero-order valence-electron chi connectivity index (χ0n) is 25.2. The van der Waals surface area contributed by atoms with E-state index in [4.69, 9.17) is 0 Å². The smallest absolute Gasteiger partial charge is 0.545 e. The van der Waals surface area contributed by atoms with Gasteiger partial charge in [-0.2, -0.15) is 0 Å². The van der Waals surface area contributed by atoms with Crippen LogP contribution in [0.3, 0.4) is 0 Å². The molecule has 0 saturated carbocycles. The Morgan fingerprint density at radius 2 is 0.673 bits per heavy atom. The summed E-state index contributed by atoms with van der Waals surface area (Å²) in [5.41, 5.74) is 0.0918. The van der Waals surface area contributed by atoms with E-state index in [0.29, 0.717) is 12.1 Å². The molecule has 0 saturated heterocycles. The van der Waals surface area contributed by atoms with Crippen LogP contribution >= 0.6 is 0 Å². The molecule has 1 radical (unpaired) electrons. The second kappa shape index (κ2) is 23.9. The van der Waals surface area contributed by atoms with Crippen molar-refractivity contribution in [2.24, 2.45) is 0 Å². The Labute approximate surface area is 287 Å². The number of anilines is 4. The Hall–Kier alpha value is -6.35. The molecule has 18 nitrogen and oxygen atoms in total. The van der Waals surface area contributed by atoms with Gasteiger partial charge in [0.15, 0.2) is 24.8 Å². The molecule has 0 aliphatic carbocycles. The third-order valence-electron chi connectivity index (χ3n) is 5.41. The molecule has 0 aliphatic heterocycles. The van der Waals surface area contributed by atoms with E-state index in [1.807, 2.05) is 73.3 Å². The number of carboxylic acid groups (broad SMARTS) is 4. The van der Waals surface area contributed by atoms with Gasteiger partial charge in [0.25, 0.3) is 0 Å². The van der Waals surface area contributed by atoms with E-state index in [9.17, 15) is 39.6 Å². The van der Waals surface area contributed by atoms with Gasteiger partial charge < -0.3 is 72.1 Å². The number of hydrogen-bond donors (Lipinski definition) is 2. The maximum Gasteiger partial charge on any atom is 2.00 e. The number of hydrogen-bond acceptors (Lipinski definition) is 12. The van der Waals surface area contributed by atoms with E-state index >= 15 is 0 Å². The molecule has 5 rings (SSSR count). The Morgan fingerprint density at radius 1 is 0.449 bits per heavy atom. The minimum Gasteiger partial charge on any atom is -0.545 e. The van der Waals surface area contributed by atoms with Crippen molar-refractivity contribution in [3.05, 3.63) is 132 Å². The van der Waals surface area contributed by atoms with Crippen LogP contribution in [0.2, 0.25) is 0 Å². The Bertz CT molecular complexity index is 1470. The summed E-state index contributed by atoms with van der Waals surface area (Å²) in [5, 5.41) is 48.9. The maximum atomic E-state index is 10.6. The van der Waals surface area contributed by atoms with Crippen molar-refractivity contribution in [3.8, 4) is 0 Å². The molecule has 0 amide bonds. The molecule has 0 unspecified atom stereocenters. The van der Waals surface area contributed by atoms with Crippen LogP contribution in [0, 0.1) is 0 Å². The standard InChI is InChI=1S/2C10H9N3.C10H6O8.Co.4H2O/c2*1-5-11-6-2-9(1)13-10-3-7-12-8-4-10;11-7(12)3-1-4(8(13)14)6(10(17)18)2-5(3)9(15)16;;;;;/h2*1-8H,(H,11,12,13);1-2H,(H,11,12)(H,13,14)(H,15,16)(H,17,18);;4*1H2/q;;;+2;;;;/p+2. The van der Waals surface area contributed by atoms with Crippen molar-refractivity contribution in [3.63, 3.8) is 0 Å². The second-order valence-electron chi connectivity index (χ2n) is 8.39. The first-order valence-corrected chi connectivity index (χ1v) is 12.5. The number of nitrogens with one attached hydrogen (secondary N) is 4. The summed E-state index contributed by atoms with van der Waals surface area (Å²) in [5.74, 6) is -7.99. The summed E-state index contributed by atoms with van der Waals surface area (Å²) in [6, 6.07) is 16.2. The number of rotatable bonds is 8. The normalized spacial score (nSPS) is 8.65. The third-order valence-corrected chi connectivity index (χ3v) is 5.41. The summed E-state index contributed by atoms with van der Waals surface area (Å²) in [7, 11) is 0. The van der Waals surface area contributed by atoms with Gasteiger partial charge in [0, 0.05) is 82.7 Å². The predicted molar refractivity (Wildman–Crippen MR) is 164 cm³/mol. The first-order valence-electron chi connectivity index (χ1n) is 12.5. The quantitative estimate of drug-likeness (QED) is 0.141. The van der Waals surface area contributed by atoms with Gasteiger partial charge in [0.1, 0.15) is 0 Å². The Kier molecular flexibility index (Phi) is 23.0. The molecule has 0 aliphatic rings. The first-order chi connectivity index (χ1) is 21.2. The number of H-pyrrole nitrogens is 2. The van der Waals surface area contributed by atoms with Crippen LogP contribution in [-0.4, -0.2) is 33.8 Å². The van der Waals surface area contributed by atoms with Gasteiger partial charge in [-0.1, -0.05) is 0 Å². The van der Waals surface area contributed by atoms with Gasteiger partial charge >= 0.3 is 16.8 Å². The number of carboxylic acids is 4. The van der Waals surface area contributed by atoms with E-state index in [1.54, 1.807) is 24.8 Å². The topological polar surface area (TPSA) is 371 Å². The summed E-state index contributed by atoms with van der Waals surface area (Å²) in [6.45, 7) is 0. The molecule has 0 spiro atoms. The largest absolute Gasteiger partial charge is 2.00 e. The molecule has 4 aromatic heterocycles. The van der Waals surface area contributed by atoms with Gasteiger partial charge in [0.05, 0.1) is 35.3 Å². The Morgan fingerprint density at radius 3 is 0.898 bits per heavy atom. The fraction of sp³-hybridized carbons (Fsp3) is 0. The van der Waals surface area contributed by atoms with Crippen molar-refractivity contribution < 1.29 is 88.3 Å². The summed E-state index contributed by atoms with van der Waals surface area (Å²) >= 11 is 0. The summed E-state index contributed by atoms with van der Waals surface area (Å²) in [6.07, 6.45) is 14.6. The number of pyridine rings is 4. The van der Waals surface area contributed by atoms with Crippen LogP contribution < -0.4 is 41.0 Å². The molecule has 0 fully saturated rings. The van der Waals surface area contributed by atoms with Crippen LogP contribution in [0.4, 0.5) is 22.7 Å². The second-order valence-corrected chi connectivity index (χ2v) is 8.39. The van der Waals surface area contributed by atoms with E-state index in [-0.39, 0.29) is 38.7 Å². The number of nitrogens with zero attached hydrogens (tertiary/aromatic N) is 2. The minimum absolute atomic E-state index is 0. The monoisotopic (exact) mass is 729 g/mol. The van der Waals surface area contributed by atoms with E-state index in [0.717, 1.165) is 22.7 Å². The molecular weight excluding hydrogens is 695 g/mol. The SMILES string of the molecule is O=C([O-])c1cc(C(=O)[O-])c(C(=O)[O-])cc1C(=O)[O-].[Co+2].[OH3+].[OH3+].[OH3+].[OH3+].c1cc(Nc2cc[nH+]cc2)ccn1.c1cc(Nc2cc[nH+]cc2)ccn1. The van der Waals surface area contributed by atoms with Crippen LogP contribution in [-0.2, 0) is 38.7 Å². The van der Waals surface area contributed by atoms with E-state index in [2.05, 4.69) is 30.6 Å². The number of aromatic carboxylic acids is 4. The van der Waals surface area contributed by atoms with Crippen LogP contribution in [0.25, 0.3) is 0 Å². The van der Waals surface area contributed by atoms with Gasteiger partial charge in [-0.3, -0.25) is 9.97 Å². The van der Waals surface area contributed by atoms with Crippen molar-refractivity contribution in [1.82, 2.24) is 9.97 Å². The van der Waals surface area contributed by atoms with Gasteiger partial charge in [-0.05, 0) is 36.4 Å². The zero-order valence-corrected chi connectivity index (χ0v) is 26.2. The average Bonchev–Trinajstić information content (AvgIpc) is 3.03. The van der Waals surface area contributed by atoms with Crippen molar-refractivity contribution in [1.29, 1.82) is 0 Å². The number of aromatic nitrogens is 4. The molecular formula is C30H34CoN6O12+4. The number of carbonyl (C=O) groups excluding carboxylic acids is 4. The minimum atomic E-state index is -2.00. The molecule has 49 heavy (non-hydrogen) atoms. The van der Waals surface area contributed by atoms with Crippen molar-refractivity contribution in [2.45, 2.75) is 0 Å². The van der Waals surface area contributed by atoms with Gasteiger partial charge in [-0.15, -0.1) is 0 Å². The molecule has 1 aromatic carbocycles. The first kappa shape index (κ1) is 47.1. The zero-order chi connectivity index (χ0) is 31.9. The molecule has 16 N–H and O–H groups in total. The molecule has 5 aromatic rings. The molecule has 261 valence electrons. The number of aromatic amines is 2. The maximum absolute atomic E-state index is 10.6. The van der Waals surface area contributed by atoms with Crippen LogP contribution in [0.5, 0.6) is 0 Å². The van der Waals surface area contributed by atoms with Crippen molar-refractivity contribution in [2.75, 3.05) is 10.6 Å². The fourth-order valence-electron chi connectivity index (χ4n) is 3.42. The van der Waals surface area contributed by atoms with Crippen LogP contribution in [0.1, 0.15) is 41.4 Å². The predicted octanol–water partition coefficient (Wildman–Crippen LogP) is -5.27. The molecule has 4 heterocycles. The van der Waals surface area contributed by atoms with Gasteiger partial charge in [0.2, 0.25) is 0 Å². The van der Waals surface area contributed by atoms with Crippen molar-refractivity contribution >= 4 is 46.6 Å². The van der Waals surface area contributed by atoms with Crippen LogP contribution in [0.15, 0.2) is 110 Å². The average molecular weight is 730 g/mol. The number of benzene rings is 1. The number of carbonyl (C=O) groups is 4. The van der Waals surface area contributed by atoms with E-state index < -0.39 is 46.1 Å². The van der Waals surface area contributed by atoms with E-state index in [1.165, 1.54) is 0 Å². The summed E-state index contributed by atoms with van der Waals surface area (Å²) in [4.78, 5) is 56.2. The summed E-state index contributed by atoms with van der Waals surface area (Å²) < 4.78 is 0. The fourth-order valence-corrected chi connectivity index (χ4v) is 3.42. The molecule has 19 heteroatoms. The molecule has 0 atom stereocenters.